The predicted octanol–water partition coefficient (Wildman–Crippen LogP) is 4.09. The summed E-state index contributed by atoms with van der Waals surface area (Å²) >= 11 is 2.80. The minimum atomic E-state index is -0.0746. The van der Waals surface area contributed by atoms with Gasteiger partial charge in [-0.05, 0) is 37.8 Å². The number of amides is 1. The van der Waals surface area contributed by atoms with Gasteiger partial charge in [0, 0.05) is 17.5 Å². The molecule has 0 atom stereocenters. The van der Waals surface area contributed by atoms with Gasteiger partial charge in [0.05, 0.1) is 24.8 Å². The summed E-state index contributed by atoms with van der Waals surface area (Å²) in [5.41, 5.74) is 1.70. The maximum atomic E-state index is 12.8. The highest BCUT2D eigenvalue weighted by Crippen LogP contribution is 2.38. The number of aromatic nitrogens is 1. The molecule has 0 spiro atoms. The second-order valence-electron chi connectivity index (χ2n) is 5.41. The van der Waals surface area contributed by atoms with E-state index in [1.165, 1.54) is 23.1 Å². The van der Waals surface area contributed by atoms with Crippen LogP contribution in [0.25, 0.3) is 6.08 Å². The van der Waals surface area contributed by atoms with Crippen molar-refractivity contribution in [1.82, 2.24) is 9.88 Å². The molecular weight excluding hydrogens is 370 g/mol. The Morgan fingerprint density at radius 3 is 2.73 bits per heavy atom. The van der Waals surface area contributed by atoms with E-state index in [-0.39, 0.29) is 5.91 Å². The average Bonchev–Trinajstić information content (AvgIpc) is 3.17. The first kappa shape index (κ1) is 18.5. The van der Waals surface area contributed by atoms with E-state index in [0.29, 0.717) is 33.2 Å². The summed E-state index contributed by atoms with van der Waals surface area (Å²) < 4.78 is 10.8. The third-order valence-corrected chi connectivity index (χ3v) is 5.58. The number of rotatable bonds is 5. The summed E-state index contributed by atoms with van der Waals surface area (Å²) in [7, 11) is 3.17. The van der Waals surface area contributed by atoms with Crippen LogP contribution in [0.1, 0.15) is 18.2 Å². The Balaban J connectivity index is 1.98. The van der Waals surface area contributed by atoms with Crippen molar-refractivity contribution < 1.29 is 14.3 Å². The highest BCUT2D eigenvalue weighted by atomic mass is 32.2. The monoisotopic (exact) mass is 389 g/mol. The van der Waals surface area contributed by atoms with Crippen LogP contribution in [0.3, 0.4) is 0 Å². The minimum Gasteiger partial charge on any atom is -0.493 e. The maximum Gasteiger partial charge on any atom is 0.266 e. The molecule has 1 saturated heterocycles. The van der Waals surface area contributed by atoms with Crippen LogP contribution in [0.5, 0.6) is 11.5 Å². The number of benzene rings is 1. The molecule has 0 saturated carbocycles. The number of hydrogen-bond acceptors (Lipinski definition) is 7. The van der Waals surface area contributed by atoms with Crippen LogP contribution in [-0.4, -0.2) is 41.7 Å². The van der Waals surface area contributed by atoms with Gasteiger partial charge in [0.1, 0.15) is 0 Å². The molecule has 1 aliphatic rings. The summed E-state index contributed by atoms with van der Waals surface area (Å²) in [5, 5.41) is 3.23. The number of aliphatic imine (C=N–C) groups is 1. The number of para-hydroxylation sites is 1. The van der Waals surface area contributed by atoms with Gasteiger partial charge >= 0.3 is 0 Å². The highest BCUT2D eigenvalue weighted by molar-refractivity contribution is 8.18. The molecule has 6 nitrogen and oxygen atoms in total. The molecule has 26 heavy (non-hydrogen) atoms. The normalized spacial score (nSPS) is 17.4. The van der Waals surface area contributed by atoms with Gasteiger partial charge in [-0.15, -0.1) is 11.3 Å². The predicted molar refractivity (Wildman–Crippen MR) is 106 cm³/mol. The summed E-state index contributed by atoms with van der Waals surface area (Å²) in [5.74, 6) is 1.14. The second-order valence-corrected chi connectivity index (χ2v) is 7.25. The van der Waals surface area contributed by atoms with Crippen LogP contribution in [0.4, 0.5) is 5.13 Å². The summed E-state index contributed by atoms with van der Waals surface area (Å²) in [6, 6.07) is 5.57. The number of ether oxygens (including phenoxy) is 2. The lowest BCUT2D eigenvalue weighted by atomic mass is 10.1. The molecule has 0 N–H and O–H groups in total. The van der Waals surface area contributed by atoms with Crippen LogP contribution in [0, 0.1) is 6.92 Å². The molecule has 3 rings (SSSR count). The van der Waals surface area contributed by atoms with Gasteiger partial charge in [0.2, 0.25) is 5.13 Å². The van der Waals surface area contributed by atoms with Crippen molar-refractivity contribution in [1.29, 1.82) is 0 Å². The average molecular weight is 390 g/mol. The number of methoxy groups -OCH3 is 2. The maximum absolute atomic E-state index is 12.8. The molecule has 0 aliphatic carbocycles. The van der Waals surface area contributed by atoms with Crippen molar-refractivity contribution in [3.63, 3.8) is 0 Å². The summed E-state index contributed by atoms with van der Waals surface area (Å²) in [6.45, 7) is 4.39. The zero-order valence-corrected chi connectivity index (χ0v) is 16.6. The zero-order valence-electron chi connectivity index (χ0n) is 15.0. The molecule has 0 unspecified atom stereocenters. The number of thioether (sulfide) groups is 1. The molecule has 136 valence electrons. The SMILES string of the molecule is CCN1C(=O)/C(=C/c2cccc(OC)c2OC)S/C1=N/c1nc(C)cs1. The van der Waals surface area contributed by atoms with Crippen LogP contribution in [-0.2, 0) is 4.79 Å². The van der Waals surface area contributed by atoms with Crippen molar-refractivity contribution in [2.75, 3.05) is 20.8 Å². The number of hydrogen-bond donors (Lipinski definition) is 0. The molecule has 1 aromatic heterocycles. The van der Waals surface area contributed by atoms with E-state index in [4.69, 9.17) is 9.47 Å². The van der Waals surface area contributed by atoms with E-state index < -0.39 is 0 Å². The van der Waals surface area contributed by atoms with Gasteiger partial charge < -0.3 is 9.47 Å². The van der Waals surface area contributed by atoms with Gasteiger partial charge in [-0.3, -0.25) is 9.69 Å². The number of aryl methyl sites for hydroxylation is 1. The Kier molecular flexibility index (Phi) is 5.63. The van der Waals surface area contributed by atoms with Gasteiger partial charge in [0.25, 0.3) is 5.91 Å². The third-order valence-electron chi connectivity index (χ3n) is 3.72. The Morgan fingerprint density at radius 2 is 2.12 bits per heavy atom. The summed E-state index contributed by atoms with van der Waals surface area (Å²) in [6.07, 6.45) is 1.81. The molecular formula is C18H19N3O3S2. The first-order chi connectivity index (χ1) is 12.6. The smallest absolute Gasteiger partial charge is 0.266 e. The fourth-order valence-electron chi connectivity index (χ4n) is 2.51. The van der Waals surface area contributed by atoms with Gasteiger partial charge in [-0.2, -0.15) is 4.99 Å². The van der Waals surface area contributed by atoms with Gasteiger partial charge in [-0.1, -0.05) is 12.1 Å². The first-order valence-corrected chi connectivity index (χ1v) is 9.70. The molecule has 1 amide bonds. The zero-order chi connectivity index (χ0) is 18.7. The highest BCUT2D eigenvalue weighted by Gasteiger charge is 2.32. The number of likely N-dealkylation sites (N-methyl/N-ethyl adjacent to an activating group) is 1. The fourth-order valence-corrected chi connectivity index (χ4v) is 4.27. The number of carbonyl (C=O) groups is 1. The quantitative estimate of drug-likeness (QED) is 0.721. The van der Waals surface area contributed by atoms with Crippen LogP contribution >= 0.6 is 23.1 Å². The number of amidine groups is 1. The molecule has 1 aliphatic heterocycles. The Labute approximate surface area is 160 Å². The number of carbonyl (C=O) groups excluding carboxylic acids is 1. The third kappa shape index (κ3) is 3.61. The lowest BCUT2D eigenvalue weighted by molar-refractivity contribution is -0.122. The Morgan fingerprint density at radius 1 is 1.31 bits per heavy atom. The van der Waals surface area contributed by atoms with Crippen LogP contribution in [0.2, 0.25) is 0 Å². The van der Waals surface area contributed by atoms with Crippen molar-refractivity contribution in [3.8, 4) is 11.5 Å². The van der Waals surface area contributed by atoms with Crippen LogP contribution in [0.15, 0.2) is 33.5 Å². The van der Waals surface area contributed by atoms with E-state index in [0.717, 1.165) is 11.3 Å². The molecule has 1 aromatic carbocycles. The van der Waals surface area contributed by atoms with E-state index >= 15 is 0 Å². The Bertz CT molecular complexity index is 890. The van der Waals surface area contributed by atoms with Gasteiger partial charge in [-0.25, -0.2) is 4.98 Å². The first-order valence-electron chi connectivity index (χ1n) is 8.00. The fraction of sp³-hybridized carbons (Fsp3) is 0.278. The van der Waals surface area contributed by atoms with E-state index in [2.05, 4.69) is 9.98 Å². The lowest BCUT2D eigenvalue weighted by Crippen LogP contribution is -2.28. The van der Waals surface area contributed by atoms with Crippen molar-refractivity contribution in [2.24, 2.45) is 4.99 Å². The Hall–Kier alpha value is -2.32. The van der Waals surface area contributed by atoms with Crippen LogP contribution < -0.4 is 9.47 Å². The van der Waals surface area contributed by atoms with Gasteiger partial charge in [0.15, 0.2) is 16.7 Å². The van der Waals surface area contributed by atoms with E-state index in [9.17, 15) is 4.79 Å². The molecule has 0 bridgehead atoms. The topological polar surface area (TPSA) is 64.0 Å². The minimum absolute atomic E-state index is 0.0746. The standard InChI is InChI=1S/C18H19N3O3S2/c1-5-21-16(22)14(26-18(21)20-17-19-11(2)10-25-17)9-12-7-6-8-13(23-3)15(12)24-4/h6-10H,5H2,1-4H3/b14-9-,20-18+. The number of thiazole rings is 1. The lowest BCUT2D eigenvalue weighted by Gasteiger charge is -2.11. The van der Waals surface area contributed by atoms with Crippen molar-refractivity contribution >= 4 is 45.4 Å². The molecule has 2 aromatic rings. The molecule has 8 heteroatoms. The van der Waals surface area contributed by atoms with E-state index in [1.807, 2.05) is 43.5 Å². The van der Waals surface area contributed by atoms with Crippen molar-refractivity contribution in [2.45, 2.75) is 13.8 Å². The summed E-state index contributed by atoms with van der Waals surface area (Å²) in [4.78, 5) is 23.9. The number of nitrogens with zero attached hydrogens (tertiary/aromatic N) is 3. The second kappa shape index (κ2) is 7.92. The molecule has 0 radical (unpaired) electrons. The molecule has 1 fully saturated rings. The largest absolute Gasteiger partial charge is 0.493 e. The molecule has 2 heterocycles. The van der Waals surface area contributed by atoms with E-state index in [1.54, 1.807) is 19.1 Å². The van der Waals surface area contributed by atoms with Crippen molar-refractivity contribution in [3.05, 3.63) is 39.7 Å².